The molecule has 5 heteroatoms. The number of nitrogens with zero attached hydrogens (tertiary/aromatic N) is 4. The molecule has 2 heterocycles. The highest BCUT2D eigenvalue weighted by atomic mass is 16.5. The first kappa shape index (κ1) is 16.5. The molecule has 0 radical (unpaired) electrons. The lowest BCUT2D eigenvalue weighted by Crippen LogP contribution is -2.46. The number of hydrogen-bond donors (Lipinski definition) is 0. The molecule has 2 aromatic rings. The second-order valence-corrected chi connectivity index (χ2v) is 5.93. The van der Waals surface area contributed by atoms with E-state index in [1.807, 2.05) is 19.1 Å². The Balaban J connectivity index is 1.48. The number of aryl methyl sites for hydroxylation is 1. The van der Waals surface area contributed by atoms with E-state index in [-0.39, 0.29) is 0 Å². The molecule has 3 rings (SSSR count). The van der Waals surface area contributed by atoms with E-state index in [0.717, 1.165) is 50.0 Å². The van der Waals surface area contributed by atoms with Gasteiger partial charge in [0.2, 0.25) is 0 Å². The van der Waals surface area contributed by atoms with Gasteiger partial charge in [-0.15, -0.1) is 0 Å². The minimum absolute atomic E-state index is 0.891. The van der Waals surface area contributed by atoms with Crippen molar-refractivity contribution in [2.24, 2.45) is 0 Å². The van der Waals surface area contributed by atoms with E-state index >= 15 is 0 Å². The second kappa shape index (κ2) is 7.93. The van der Waals surface area contributed by atoms with Crippen molar-refractivity contribution in [1.29, 1.82) is 0 Å². The van der Waals surface area contributed by atoms with Crippen LogP contribution in [0.5, 0.6) is 5.75 Å². The lowest BCUT2D eigenvalue weighted by atomic mass is 10.2. The number of benzene rings is 1. The predicted octanol–water partition coefficient (Wildman–Crippen LogP) is 2.63. The summed E-state index contributed by atoms with van der Waals surface area (Å²) in [5.41, 5.74) is 2.20. The van der Waals surface area contributed by atoms with Crippen LogP contribution in [0, 0.1) is 6.92 Å². The van der Waals surface area contributed by atoms with Gasteiger partial charge in [-0.25, -0.2) is 4.98 Å². The third-order valence-electron chi connectivity index (χ3n) is 4.32. The van der Waals surface area contributed by atoms with E-state index in [0.29, 0.717) is 0 Å². The van der Waals surface area contributed by atoms with Crippen molar-refractivity contribution in [3.8, 4) is 5.75 Å². The molecule has 1 aliphatic heterocycles. The molecule has 24 heavy (non-hydrogen) atoms. The molecule has 0 unspecified atom stereocenters. The highest BCUT2D eigenvalue weighted by Crippen LogP contribution is 2.16. The second-order valence-electron chi connectivity index (χ2n) is 5.93. The zero-order chi connectivity index (χ0) is 16.8. The minimum Gasteiger partial charge on any atom is -0.497 e. The summed E-state index contributed by atoms with van der Waals surface area (Å²) in [6.45, 7) is 7.07. The maximum atomic E-state index is 5.18. The lowest BCUT2D eigenvalue weighted by molar-refractivity contribution is 0.283. The van der Waals surface area contributed by atoms with Crippen LogP contribution in [0.3, 0.4) is 0 Å². The summed E-state index contributed by atoms with van der Waals surface area (Å²) < 4.78 is 5.18. The van der Waals surface area contributed by atoms with Crippen molar-refractivity contribution in [1.82, 2.24) is 14.9 Å². The number of aromatic nitrogens is 2. The van der Waals surface area contributed by atoms with Gasteiger partial charge in [0.25, 0.3) is 0 Å². The standard InChI is InChI=1S/C19H24N4O/c1-16-19(21-10-9-20-16)23-14-12-22(13-15-23)11-3-4-17-5-7-18(24-2)8-6-17/h3-10H,11-15H2,1-2H3/b4-3+. The maximum absolute atomic E-state index is 5.18. The van der Waals surface area contributed by atoms with Gasteiger partial charge in [-0.3, -0.25) is 9.88 Å². The minimum atomic E-state index is 0.891. The summed E-state index contributed by atoms with van der Waals surface area (Å²) >= 11 is 0. The Morgan fingerprint density at radius 2 is 1.75 bits per heavy atom. The van der Waals surface area contributed by atoms with Crippen LogP contribution in [0.25, 0.3) is 6.08 Å². The first-order valence-corrected chi connectivity index (χ1v) is 8.32. The third-order valence-corrected chi connectivity index (χ3v) is 4.32. The van der Waals surface area contributed by atoms with E-state index in [1.54, 1.807) is 19.5 Å². The summed E-state index contributed by atoms with van der Waals surface area (Å²) in [5, 5.41) is 0. The normalized spacial score (nSPS) is 15.8. The molecule has 0 spiro atoms. The lowest BCUT2D eigenvalue weighted by Gasteiger charge is -2.35. The monoisotopic (exact) mass is 324 g/mol. The Bertz CT molecular complexity index is 676. The first-order chi connectivity index (χ1) is 11.8. The Kier molecular flexibility index (Phi) is 5.43. The SMILES string of the molecule is COc1ccc(/C=C/CN2CCN(c3nccnc3C)CC2)cc1. The molecule has 0 amide bonds. The summed E-state index contributed by atoms with van der Waals surface area (Å²) in [6.07, 6.45) is 7.91. The summed E-state index contributed by atoms with van der Waals surface area (Å²) in [5.74, 6) is 1.91. The van der Waals surface area contributed by atoms with Gasteiger partial charge in [0, 0.05) is 45.1 Å². The Morgan fingerprint density at radius 3 is 2.42 bits per heavy atom. The molecule has 1 aromatic carbocycles. The fourth-order valence-corrected chi connectivity index (χ4v) is 2.91. The Hall–Kier alpha value is -2.40. The highest BCUT2D eigenvalue weighted by molar-refractivity contribution is 5.50. The van der Waals surface area contributed by atoms with Gasteiger partial charge in [0.05, 0.1) is 12.8 Å². The molecular formula is C19H24N4O. The smallest absolute Gasteiger partial charge is 0.150 e. The summed E-state index contributed by atoms with van der Waals surface area (Å²) in [4.78, 5) is 13.6. The van der Waals surface area contributed by atoms with Crippen LogP contribution >= 0.6 is 0 Å². The van der Waals surface area contributed by atoms with Gasteiger partial charge in [-0.2, -0.15) is 0 Å². The maximum Gasteiger partial charge on any atom is 0.150 e. The number of rotatable bonds is 5. The van der Waals surface area contributed by atoms with Crippen molar-refractivity contribution in [2.45, 2.75) is 6.92 Å². The van der Waals surface area contributed by atoms with Crippen molar-refractivity contribution in [3.05, 3.63) is 54.0 Å². The third kappa shape index (κ3) is 4.11. The van der Waals surface area contributed by atoms with Gasteiger partial charge in [0.1, 0.15) is 11.6 Å². The predicted molar refractivity (Wildman–Crippen MR) is 97.5 cm³/mol. The van der Waals surface area contributed by atoms with Gasteiger partial charge in [-0.05, 0) is 24.6 Å². The quantitative estimate of drug-likeness (QED) is 0.846. The van der Waals surface area contributed by atoms with Crippen LogP contribution in [0.4, 0.5) is 5.82 Å². The van der Waals surface area contributed by atoms with Crippen LogP contribution < -0.4 is 9.64 Å². The van der Waals surface area contributed by atoms with Gasteiger partial charge in [0.15, 0.2) is 0 Å². The van der Waals surface area contributed by atoms with Gasteiger partial charge >= 0.3 is 0 Å². The summed E-state index contributed by atoms with van der Waals surface area (Å²) in [6, 6.07) is 8.12. The fraction of sp³-hybridized carbons (Fsp3) is 0.368. The molecule has 1 saturated heterocycles. The van der Waals surface area contributed by atoms with Crippen molar-refractivity contribution in [2.75, 3.05) is 44.7 Å². The molecule has 1 aromatic heterocycles. The molecule has 126 valence electrons. The number of piperazine rings is 1. The first-order valence-electron chi connectivity index (χ1n) is 8.32. The number of hydrogen-bond acceptors (Lipinski definition) is 5. The number of ether oxygens (including phenoxy) is 1. The van der Waals surface area contributed by atoms with E-state index in [9.17, 15) is 0 Å². The van der Waals surface area contributed by atoms with Crippen molar-refractivity contribution in [3.63, 3.8) is 0 Å². The fourth-order valence-electron chi connectivity index (χ4n) is 2.91. The van der Waals surface area contributed by atoms with E-state index < -0.39 is 0 Å². The summed E-state index contributed by atoms with van der Waals surface area (Å²) in [7, 11) is 1.69. The molecule has 0 atom stereocenters. The largest absolute Gasteiger partial charge is 0.497 e. The molecule has 0 bridgehead atoms. The number of anilines is 1. The average molecular weight is 324 g/mol. The van der Waals surface area contributed by atoms with Crippen molar-refractivity contribution >= 4 is 11.9 Å². The van der Waals surface area contributed by atoms with Crippen LogP contribution in [0.2, 0.25) is 0 Å². The molecule has 1 fully saturated rings. The average Bonchev–Trinajstić information content (AvgIpc) is 2.63. The number of methoxy groups -OCH3 is 1. The van der Waals surface area contributed by atoms with E-state index in [2.05, 4.69) is 44.1 Å². The Morgan fingerprint density at radius 1 is 1.04 bits per heavy atom. The highest BCUT2D eigenvalue weighted by Gasteiger charge is 2.18. The molecular weight excluding hydrogens is 300 g/mol. The zero-order valence-electron chi connectivity index (χ0n) is 14.4. The van der Waals surface area contributed by atoms with E-state index in [1.165, 1.54) is 5.56 Å². The van der Waals surface area contributed by atoms with Crippen LogP contribution in [0.1, 0.15) is 11.3 Å². The molecule has 0 saturated carbocycles. The van der Waals surface area contributed by atoms with Crippen LogP contribution in [-0.2, 0) is 0 Å². The van der Waals surface area contributed by atoms with Crippen LogP contribution in [-0.4, -0.2) is 54.7 Å². The van der Waals surface area contributed by atoms with Gasteiger partial charge < -0.3 is 9.64 Å². The Labute approximate surface area is 143 Å². The zero-order valence-corrected chi connectivity index (χ0v) is 14.4. The van der Waals surface area contributed by atoms with Crippen LogP contribution in [0.15, 0.2) is 42.7 Å². The molecule has 0 N–H and O–H groups in total. The molecule has 1 aliphatic rings. The van der Waals surface area contributed by atoms with Crippen molar-refractivity contribution < 1.29 is 4.74 Å². The van der Waals surface area contributed by atoms with Gasteiger partial charge in [-0.1, -0.05) is 24.3 Å². The molecule has 5 nitrogen and oxygen atoms in total. The molecule has 0 aliphatic carbocycles. The topological polar surface area (TPSA) is 41.5 Å². The van der Waals surface area contributed by atoms with E-state index in [4.69, 9.17) is 4.74 Å².